The minimum absolute atomic E-state index is 0.0489. The molecule has 0 N–H and O–H groups in total. The molecule has 0 aromatic heterocycles. The van der Waals surface area contributed by atoms with Gasteiger partial charge in [-0.25, -0.2) is 0 Å². The van der Waals surface area contributed by atoms with Gasteiger partial charge in [-0.2, -0.15) is 8.78 Å². The molecule has 0 radical (unpaired) electrons. The van der Waals surface area contributed by atoms with Crippen LogP contribution in [0.4, 0.5) is 8.78 Å². The lowest BCUT2D eigenvalue weighted by atomic mass is 9.93. The second-order valence-electron chi connectivity index (χ2n) is 6.59. The maximum atomic E-state index is 12.6. The molecule has 7 heteroatoms. The molecular formula is C17H19F2NO4. The highest BCUT2D eigenvalue weighted by Crippen LogP contribution is 2.37. The molecule has 1 atom stereocenters. The van der Waals surface area contributed by atoms with Gasteiger partial charge in [0.2, 0.25) is 0 Å². The van der Waals surface area contributed by atoms with E-state index >= 15 is 0 Å². The van der Waals surface area contributed by atoms with Crippen LogP contribution in [0.1, 0.15) is 31.2 Å². The number of benzene rings is 1. The second kappa shape index (κ2) is 6.20. The third kappa shape index (κ3) is 3.31. The molecule has 1 saturated carbocycles. The Bertz CT molecular complexity index is 639. The van der Waals surface area contributed by atoms with Crippen LogP contribution in [0.3, 0.4) is 0 Å². The molecule has 0 amide bonds. The van der Waals surface area contributed by atoms with E-state index in [9.17, 15) is 8.78 Å². The average Bonchev–Trinajstić information content (AvgIpc) is 3.13. The van der Waals surface area contributed by atoms with Crippen LogP contribution in [0.2, 0.25) is 0 Å². The van der Waals surface area contributed by atoms with Crippen LogP contribution in [-0.4, -0.2) is 37.7 Å². The summed E-state index contributed by atoms with van der Waals surface area (Å²) in [6.07, 6.45) is 3.68. The fraction of sp³-hybridized carbons (Fsp3) is 0.588. The van der Waals surface area contributed by atoms with Gasteiger partial charge in [0, 0.05) is 18.4 Å². The van der Waals surface area contributed by atoms with Crippen molar-refractivity contribution in [3.8, 4) is 11.5 Å². The number of rotatable bonds is 6. The van der Waals surface area contributed by atoms with Gasteiger partial charge in [-0.3, -0.25) is 0 Å². The molecule has 1 aromatic carbocycles. The lowest BCUT2D eigenvalue weighted by molar-refractivity contribution is -0.0515. The minimum Gasteiger partial charge on any atom is -0.489 e. The summed E-state index contributed by atoms with van der Waals surface area (Å²) in [5, 5.41) is 4.17. The first-order chi connectivity index (χ1) is 11.6. The fourth-order valence-corrected chi connectivity index (χ4v) is 2.96. The summed E-state index contributed by atoms with van der Waals surface area (Å²) in [6, 6.07) is 4.91. The molecule has 4 rings (SSSR count). The number of halogens is 2. The smallest absolute Gasteiger partial charge is 0.387 e. The molecule has 2 fully saturated rings. The fourth-order valence-electron chi connectivity index (χ4n) is 2.96. The van der Waals surface area contributed by atoms with Crippen molar-refractivity contribution in [2.45, 2.75) is 37.9 Å². The number of nitrogens with zero attached hydrogens (tertiary/aromatic N) is 1. The highest BCUT2D eigenvalue weighted by molar-refractivity contribution is 6.02. The first-order valence-electron chi connectivity index (χ1n) is 8.18. The van der Waals surface area contributed by atoms with Crippen molar-refractivity contribution in [1.29, 1.82) is 0 Å². The normalized spacial score (nSPS) is 25.9. The highest BCUT2D eigenvalue weighted by atomic mass is 19.3. The lowest BCUT2D eigenvalue weighted by Crippen LogP contribution is -2.29. The van der Waals surface area contributed by atoms with Gasteiger partial charge in [-0.05, 0) is 37.0 Å². The lowest BCUT2D eigenvalue weighted by Gasteiger charge is -2.17. The molecule has 2 heterocycles. The SMILES string of the molecule is FC(F)Oc1ccc(C2=NOC3(CCOC3)C2)cc1OCC1CC1. The van der Waals surface area contributed by atoms with Crippen LogP contribution in [0.5, 0.6) is 11.5 Å². The predicted octanol–water partition coefficient (Wildman–Crippen LogP) is 3.36. The third-order valence-electron chi connectivity index (χ3n) is 4.57. The predicted molar refractivity (Wildman–Crippen MR) is 81.7 cm³/mol. The molecule has 2 aliphatic heterocycles. The number of oxime groups is 1. The van der Waals surface area contributed by atoms with Crippen molar-refractivity contribution in [1.82, 2.24) is 0 Å². The Kier molecular flexibility index (Phi) is 4.04. The van der Waals surface area contributed by atoms with Crippen molar-refractivity contribution in [2.24, 2.45) is 11.1 Å². The van der Waals surface area contributed by atoms with Crippen LogP contribution in [0, 0.1) is 5.92 Å². The standard InChI is InChI=1S/C17H19F2NO4/c18-16(19)23-14-4-3-12(7-15(14)22-9-11-1-2-11)13-8-17(24-20-13)5-6-21-10-17/h3-4,7,11,16H,1-2,5-6,8-10H2. The van der Waals surface area contributed by atoms with Crippen LogP contribution < -0.4 is 9.47 Å². The van der Waals surface area contributed by atoms with Gasteiger partial charge in [-0.1, -0.05) is 5.16 Å². The Morgan fingerprint density at radius 3 is 2.88 bits per heavy atom. The number of ether oxygens (including phenoxy) is 3. The Labute approximate surface area is 138 Å². The van der Waals surface area contributed by atoms with E-state index in [1.54, 1.807) is 12.1 Å². The third-order valence-corrected chi connectivity index (χ3v) is 4.57. The monoisotopic (exact) mass is 339 g/mol. The summed E-state index contributed by atoms with van der Waals surface area (Å²) in [4.78, 5) is 5.58. The zero-order valence-corrected chi connectivity index (χ0v) is 13.2. The van der Waals surface area contributed by atoms with E-state index in [0.717, 1.165) is 30.5 Å². The van der Waals surface area contributed by atoms with Gasteiger partial charge < -0.3 is 19.0 Å². The zero-order chi connectivity index (χ0) is 16.6. The summed E-state index contributed by atoms with van der Waals surface area (Å²) in [5.41, 5.74) is 1.20. The Morgan fingerprint density at radius 1 is 1.29 bits per heavy atom. The molecule has 3 aliphatic rings. The molecule has 130 valence electrons. The topological polar surface area (TPSA) is 49.3 Å². The van der Waals surface area contributed by atoms with Crippen LogP contribution in [-0.2, 0) is 9.57 Å². The van der Waals surface area contributed by atoms with Gasteiger partial charge >= 0.3 is 6.61 Å². The number of alkyl halides is 2. The Morgan fingerprint density at radius 2 is 2.17 bits per heavy atom. The maximum Gasteiger partial charge on any atom is 0.387 e. The van der Waals surface area contributed by atoms with Crippen molar-refractivity contribution in [3.05, 3.63) is 23.8 Å². The molecule has 0 bridgehead atoms. The van der Waals surface area contributed by atoms with Gasteiger partial charge in [0.05, 0.1) is 25.5 Å². The minimum atomic E-state index is -2.88. The molecule has 1 saturated heterocycles. The van der Waals surface area contributed by atoms with E-state index in [-0.39, 0.29) is 11.4 Å². The van der Waals surface area contributed by atoms with E-state index in [0.29, 0.717) is 37.9 Å². The molecule has 1 unspecified atom stereocenters. The zero-order valence-electron chi connectivity index (χ0n) is 13.2. The van der Waals surface area contributed by atoms with Crippen molar-refractivity contribution >= 4 is 5.71 Å². The number of hydrogen-bond acceptors (Lipinski definition) is 5. The first-order valence-corrected chi connectivity index (χ1v) is 8.18. The molecule has 5 nitrogen and oxygen atoms in total. The molecule has 1 spiro atoms. The van der Waals surface area contributed by atoms with Crippen molar-refractivity contribution in [3.63, 3.8) is 0 Å². The van der Waals surface area contributed by atoms with E-state index in [2.05, 4.69) is 9.89 Å². The Balaban J connectivity index is 1.53. The van der Waals surface area contributed by atoms with Gasteiger partial charge in [-0.15, -0.1) is 0 Å². The molecule has 1 aliphatic carbocycles. The van der Waals surface area contributed by atoms with Gasteiger partial charge in [0.1, 0.15) is 0 Å². The van der Waals surface area contributed by atoms with E-state index in [1.165, 1.54) is 6.07 Å². The second-order valence-corrected chi connectivity index (χ2v) is 6.59. The average molecular weight is 339 g/mol. The quantitative estimate of drug-likeness (QED) is 0.797. The van der Waals surface area contributed by atoms with Crippen molar-refractivity contribution < 1.29 is 27.8 Å². The summed E-state index contributed by atoms with van der Waals surface area (Å²) < 4.78 is 40.8. The van der Waals surface area contributed by atoms with Crippen LogP contribution in [0.25, 0.3) is 0 Å². The van der Waals surface area contributed by atoms with E-state index in [1.807, 2.05) is 0 Å². The van der Waals surface area contributed by atoms with Crippen LogP contribution in [0.15, 0.2) is 23.4 Å². The summed E-state index contributed by atoms with van der Waals surface area (Å²) in [5.74, 6) is 0.887. The van der Waals surface area contributed by atoms with E-state index < -0.39 is 6.61 Å². The summed E-state index contributed by atoms with van der Waals surface area (Å²) >= 11 is 0. The van der Waals surface area contributed by atoms with Crippen LogP contribution >= 0.6 is 0 Å². The molecular weight excluding hydrogens is 320 g/mol. The molecule has 1 aromatic rings. The molecule has 24 heavy (non-hydrogen) atoms. The summed E-state index contributed by atoms with van der Waals surface area (Å²) in [7, 11) is 0. The van der Waals surface area contributed by atoms with Gasteiger partial charge in [0.15, 0.2) is 17.1 Å². The number of hydrogen-bond donors (Lipinski definition) is 0. The first kappa shape index (κ1) is 15.6. The van der Waals surface area contributed by atoms with Crippen molar-refractivity contribution in [2.75, 3.05) is 19.8 Å². The van der Waals surface area contributed by atoms with Gasteiger partial charge in [0.25, 0.3) is 0 Å². The Hall–Kier alpha value is -1.89. The highest BCUT2D eigenvalue weighted by Gasteiger charge is 2.43. The van der Waals surface area contributed by atoms with E-state index in [4.69, 9.17) is 14.3 Å². The summed E-state index contributed by atoms with van der Waals surface area (Å²) in [6.45, 7) is -1.17. The largest absolute Gasteiger partial charge is 0.489 e. The maximum absolute atomic E-state index is 12.6.